The molecule has 33 heavy (non-hydrogen) atoms. The molecule has 3 fully saturated rings. The SMILES string of the molecule is Cn1nc(NC(=O)CCC(=O)O)c2ncnc(C(=O)NCC34CCC(C(=O)O)(CC3)CC4)c21. The molecule has 12 nitrogen and oxygen atoms in total. The molecule has 12 heteroatoms. The molecule has 0 unspecified atom stereocenters. The van der Waals surface area contributed by atoms with Crippen molar-refractivity contribution < 1.29 is 29.4 Å². The summed E-state index contributed by atoms with van der Waals surface area (Å²) in [5.41, 5.74) is 0.0301. The minimum Gasteiger partial charge on any atom is -0.481 e. The van der Waals surface area contributed by atoms with Crippen LogP contribution >= 0.6 is 0 Å². The highest BCUT2D eigenvalue weighted by Gasteiger charge is 2.52. The Morgan fingerprint density at radius 2 is 1.70 bits per heavy atom. The lowest BCUT2D eigenvalue weighted by molar-refractivity contribution is -0.158. The van der Waals surface area contributed by atoms with E-state index in [0.717, 1.165) is 19.3 Å². The number of nitrogens with zero attached hydrogens (tertiary/aromatic N) is 4. The Labute approximate surface area is 188 Å². The highest BCUT2D eigenvalue weighted by molar-refractivity contribution is 6.07. The van der Waals surface area contributed by atoms with E-state index in [4.69, 9.17) is 5.11 Å². The number of aryl methyl sites for hydroxylation is 1. The lowest BCUT2D eigenvalue weighted by Gasteiger charge is -2.51. The molecular formula is C21H26N6O6. The topological polar surface area (TPSA) is 176 Å². The molecule has 0 saturated heterocycles. The third-order valence-electron chi connectivity index (χ3n) is 7.14. The van der Waals surface area contributed by atoms with Crippen LogP contribution in [-0.2, 0) is 21.4 Å². The zero-order valence-corrected chi connectivity index (χ0v) is 18.3. The number of anilines is 1. The second-order valence-electron chi connectivity index (χ2n) is 9.10. The van der Waals surface area contributed by atoms with Crippen molar-refractivity contribution in [2.45, 2.75) is 51.4 Å². The second-order valence-corrected chi connectivity index (χ2v) is 9.10. The highest BCUT2D eigenvalue weighted by Crippen LogP contribution is 2.56. The number of hydrogen-bond acceptors (Lipinski definition) is 7. The fourth-order valence-corrected chi connectivity index (χ4v) is 4.97. The summed E-state index contributed by atoms with van der Waals surface area (Å²) in [6.45, 7) is 0.434. The summed E-state index contributed by atoms with van der Waals surface area (Å²) < 4.78 is 1.40. The van der Waals surface area contributed by atoms with Crippen LogP contribution in [0.15, 0.2) is 6.33 Å². The lowest BCUT2D eigenvalue weighted by atomic mass is 9.53. The van der Waals surface area contributed by atoms with Crippen molar-refractivity contribution in [3.63, 3.8) is 0 Å². The van der Waals surface area contributed by atoms with E-state index in [9.17, 15) is 24.3 Å². The van der Waals surface area contributed by atoms with Gasteiger partial charge >= 0.3 is 11.9 Å². The average molecular weight is 458 g/mol. The summed E-state index contributed by atoms with van der Waals surface area (Å²) in [6, 6.07) is 0. The Hall–Kier alpha value is -3.57. The molecule has 4 N–H and O–H groups in total. The van der Waals surface area contributed by atoms with Gasteiger partial charge in [0.15, 0.2) is 11.5 Å². The molecule has 0 spiro atoms. The van der Waals surface area contributed by atoms with E-state index in [1.54, 1.807) is 7.05 Å². The van der Waals surface area contributed by atoms with E-state index >= 15 is 0 Å². The number of carboxylic acid groups (broad SMARTS) is 2. The maximum absolute atomic E-state index is 13.0. The van der Waals surface area contributed by atoms with Crippen molar-refractivity contribution in [2.75, 3.05) is 11.9 Å². The first kappa shape index (κ1) is 22.6. The molecule has 176 valence electrons. The number of amides is 2. The largest absolute Gasteiger partial charge is 0.481 e. The number of fused-ring (bicyclic) bond motifs is 4. The van der Waals surface area contributed by atoms with E-state index in [-0.39, 0.29) is 35.3 Å². The van der Waals surface area contributed by atoms with Crippen molar-refractivity contribution in [1.82, 2.24) is 25.1 Å². The van der Waals surface area contributed by atoms with Gasteiger partial charge in [-0.15, -0.1) is 0 Å². The summed E-state index contributed by atoms with van der Waals surface area (Å²) in [7, 11) is 1.60. The number of carbonyl (C=O) groups is 4. The number of rotatable bonds is 8. The van der Waals surface area contributed by atoms with Gasteiger partial charge in [0, 0.05) is 20.0 Å². The maximum atomic E-state index is 13.0. The Bertz CT molecular complexity index is 1120. The monoisotopic (exact) mass is 458 g/mol. The number of carboxylic acids is 2. The molecule has 0 atom stereocenters. The summed E-state index contributed by atoms with van der Waals surface area (Å²) in [5.74, 6) is -2.59. The molecule has 2 heterocycles. The molecule has 3 aliphatic carbocycles. The van der Waals surface area contributed by atoms with E-state index in [0.29, 0.717) is 31.3 Å². The van der Waals surface area contributed by atoms with Gasteiger partial charge < -0.3 is 20.8 Å². The normalized spacial score (nSPS) is 23.9. The van der Waals surface area contributed by atoms with E-state index in [1.807, 2.05) is 0 Å². The summed E-state index contributed by atoms with van der Waals surface area (Å²) in [4.78, 5) is 55.6. The minimum absolute atomic E-state index is 0.102. The van der Waals surface area contributed by atoms with Crippen molar-refractivity contribution in [1.29, 1.82) is 0 Å². The van der Waals surface area contributed by atoms with Crippen LogP contribution in [0.4, 0.5) is 5.82 Å². The standard InChI is InChI=1S/C21H26N6O6/c1-27-16-14(17(26-27)25-12(28)2-3-13(29)30)23-11-24-15(16)18(31)22-10-20-4-7-21(8-5-20,9-6-20)19(32)33/h11H,2-10H2,1H3,(H,22,31)(H,29,30)(H,32,33)(H,25,26,28). The van der Waals surface area contributed by atoms with Crippen LogP contribution in [0.5, 0.6) is 0 Å². The Balaban J connectivity index is 1.47. The first-order valence-electron chi connectivity index (χ1n) is 10.9. The zero-order valence-electron chi connectivity index (χ0n) is 18.3. The van der Waals surface area contributed by atoms with E-state index in [1.165, 1.54) is 11.0 Å². The van der Waals surface area contributed by atoms with Gasteiger partial charge in [-0.25, -0.2) is 9.97 Å². The molecule has 2 aromatic heterocycles. The molecule has 5 rings (SSSR count). The third kappa shape index (κ3) is 4.24. The van der Waals surface area contributed by atoms with Gasteiger partial charge in [0.2, 0.25) is 5.91 Å². The fourth-order valence-electron chi connectivity index (χ4n) is 4.97. The van der Waals surface area contributed by atoms with Gasteiger partial charge in [-0.1, -0.05) is 0 Å². The van der Waals surface area contributed by atoms with Crippen LogP contribution in [0.3, 0.4) is 0 Å². The highest BCUT2D eigenvalue weighted by atomic mass is 16.4. The number of hydrogen-bond donors (Lipinski definition) is 4. The van der Waals surface area contributed by atoms with Crippen LogP contribution in [0.2, 0.25) is 0 Å². The molecule has 2 amide bonds. The molecule has 0 aromatic carbocycles. The van der Waals surface area contributed by atoms with Crippen molar-refractivity contribution in [3.05, 3.63) is 12.0 Å². The molecule has 3 saturated carbocycles. The van der Waals surface area contributed by atoms with Gasteiger partial charge in [0.05, 0.1) is 11.8 Å². The molecule has 2 bridgehead atoms. The average Bonchev–Trinajstić information content (AvgIpc) is 3.12. The minimum atomic E-state index is -1.08. The molecule has 0 radical (unpaired) electrons. The maximum Gasteiger partial charge on any atom is 0.309 e. The lowest BCUT2D eigenvalue weighted by Crippen LogP contribution is -2.50. The number of aromatic nitrogens is 4. The summed E-state index contributed by atoms with van der Waals surface area (Å²) in [6.07, 6.45) is 4.86. The Kier molecular flexibility index (Phi) is 5.76. The van der Waals surface area contributed by atoms with Crippen LogP contribution in [-0.4, -0.2) is 60.3 Å². The van der Waals surface area contributed by atoms with Crippen molar-refractivity contribution in [2.24, 2.45) is 17.9 Å². The van der Waals surface area contributed by atoms with Crippen LogP contribution in [0.25, 0.3) is 11.0 Å². The Morgan fingerprint density at radius 1 is 1.03 bits per heavy atom. The van der Waals surface area contributed by atoms with Crippen molar-refractivity contribution >= 4 is 40.6 Å². The van der Waals surface area contributed by atoms with Crippen molar-refractivity contribution in [3.8, 4) is 0 Å². The first-order chi connectivity index (χ1) is 15.6. The number of aliphatic carboxylic acids is 2. The Morgan fingerprint density at radius 3 is 2.30 bits per heavy atom. The predicted molar refractivity (Wildman–Crippen MR) is 114 cm³/mol. The second kappa shape index (κ2) is 8.41. The summed E-state index contributed by atoms with van der Waals surface area (Å²) >= 11 is 0. The van der Waals surface area contributed by atoms with E-state index in [2.05, 4.69) is 25.7 Å². The smallest absolute Gasteiger partial charge is 0.309 e. The quantitative estimate of drug-likeness (QED) is 0.454. The van der Waals surface area contributed by atoms with Gasteiger partial charge in [-0.05, 0) is 43.9 Å². The van der Waals surface area contributed by atoms with Crippen LogP contribution in [0, 0.1) is 10.8 Å². The fraction of sp³-hybridized carbons (Fsp3) is 0.571. The van der Waals surface area contributed by atoms with Gasteiger partial charge in [-0.3, -0.25) is 23.9 Å². The third-order valence-corrected chi connectivity index (χ3v) is 7.14. The van der Waals surface area contributed by atoms with Gasteiger partial charge in [-0.2, -0.15) is 5.10 Å². The molecular weight excluding hydrogens is 432 g/mol. The van der Waals surface area contributed by atoms with Crippen LogP contribution < -0.4 is 10.6 Å². The first-order valence-corrected chi connectivity index (χ1v) is 10.9. The number of carbonyl (C=O) groups excluding carboxylic acids is 2. The molecule has 2 aromatic rings. The zero-order chi connectivity index (χ0) is 23.8. The van der Waals surface area contributed by atoms with E-state index < -0.39 is 29.2 Å². The summed E-state index contributed by atoms with van der Waals surface area (Å²) in [5, 5.41) is 28.0. The van der Waals surface area contributed by atoms with Gasteiger partial charge in [0.1, 0.15) is 17.4 Å². The molecule has 3 aliphatic rings. The predicted octanol–water partition coefficient (Wildman–Crippen LogP) is 1.32. The molecule has 0 aliphatic heterocycles. The van der Waals surface area contributed by atoms with Crippen LogP contribution in [0.1, 0.15) is 61.9 Å². The number of nitrogens with one attached hydrogen (secondary N) is 2. The van der Waals surface area contributed by atoms with Gasteiger partial charge in [0.25, 0.3) is 5.91 Å².